The Labute approximate surface area is 119 Å². The topological polar surface area (TPSA) is 32.8 Å². The summed E-state index contributed by atoms with van der Waals surface area (Å²) in [6.07, 6.45) is 1.65. The molecule has 0 unspecified atom stereocenters. The highest BCUT2D eigenvalue weighted by Crippen LogP contribution is 2.09. The van der Waals surface area contributed by atoms with Crippen molar-refractivity contribution in [2.75, 3.05) is 46.4 Å². The zero-order valence-corrected chi connectivity index (χ0v) is 12.3. The highest BCUT2D eigenvalue weighted by atomic mass is 32.1. The van der Waals surface area contributed by atoms with E-state index in [1.165, 1.54) is 12.7 Å². The van der Waals surface area contributed by atoms with Crippen LogP contribution in [0.25, 0.3) is 0 Å². The molecule has 0 bridgehead atoms. The van der Waals surface area contributed by atoms with Crippen molar-refractivity contribution in [3.63, 3.8) is 0 Å². The van der Waals surface area contributed by atoms with Crippen LogP contribution >= 0.6 is 11.3 Å². The van der Waals surface area contributed by atoms with Crippen LogP contribution in [0.2, 0.25) is 0 Å². The van der Waals surface area contributed by atoms with Crippen molar-refractivity contribution in [2.45, 2.75) is 12.8 Å². The van der Waals surface area contributed by atoms with E-state index < -0.39 is 0 Å². The molecule has 1 fully saturated rings. The Morgan fingerprint density at radius 2 is 1.95 bits per heavy atom. The maximum absolute atomic E-state index is 11.1. The molecular formula is C14H22N2O2S. The van der Waals surface area contributed by atoms with E-state index in [9.17, 15) is 4.79 Å². The second kappa shape index (κ2) is 7.62. The Kier molecular flexibility index (Phi) is 5.82. The minimum absolute atomic E-state index is 0.111. The predicted octanol–water partition coefficient (Wildman–Crippen LogP) is 1.47. The van der Waals surface area contributed by atoms with E-state index in [-0.39, 0.29) is 5.97 Å². The van der Waals surface area contributed by atoms with E-state index in [0.717, 1.165) is 45.7 Å². The van der Waals surface area contributed by atoms with Crippen LogP contribution < -0.4 is 0 Å². The molecule has 106 valence electrons. The molecule has 0 amide bonds. The number of carbonyl (C=O) groups is 1. The number of nitrogens with zero attached hydrogens (tertiary/aromatic N) is 2. The number of hydrogen-bond acceptors (Lipinski definition) is 5. The maximum atomic E-state index is 11.1. The quantitative estimate of drug-likeness (QED) is 0.740. The lowest BCUT2D eigenvalue weighted by molar-refractivity contribution is -0.141. The Hall–Kier alpha value is -0.910. The van der Waals surface area contributed by atoms with Gasteiger partial charge in [0.05, 0.1) is 13.5 Å². The maximum Gasteiger partial charge on any atom is 0.306 e. The van der Waals surface area contributed by atoms with Crippen LogP contribution in [0.1, 0.15) is 12.0 Å². The number of piperazine rings is 1. The summed E-state index contributed by atoms with van der Waals surface area (Å²) >= 11 is 1.77. The molecule has 1 aromatic rings. The number of methoxy groups -OCH3 is 1. The molecule has 4 nitrogen and oxygen atoms in total. The number of esters is 1. The van der Waals surface area contributed by atoms with Crippen molar-refractivity contribution < 1.29 is 9.53 Å². The first-order valence-corrected chi connectivity index (χ1v) is 7.75. The van der Waals surface area contributed by atoms with Gasteiger partial charge in [-0.15, -0.1) is 0 Å². The predicted molar refractivity (Wildman–Crippen MR) is 77.5 cm³/mol. The fourth-order valence-electron chi connectivity index (χ4n) is 2.31. The van der Waals surface area contributed by atoms with Gasteiger partial charge in [-0.3, -0.25) is 4.79 Å². The monoisotopic (exact) mass is 282 g/mol. The molecule has 1 aromatic heterocycles. The van der Waals surface area contributed by atoms with Gasteiger partial charge in [0, 0.05) is 39.3 Å². The molecule has 2 rings (SSSR count). The molecule has 1 saturated heterocycles. The Balaban J connectivity index is 1.61. The molecule has 0 aromatic carbocycles. The van der Waals surface area contributed by atoms with Crippen molar-refractivity contribution in [1.82, 2.24) is 9.80 Å². The number of carbonyl (C=O) groups excluding carboxylic acids is 1. The lowest BCUT2D eigenvalue weighted by Gasteiger charge is -2.34. The van der Waals surface area contributed by atoms with Gasteiger partial charge >= 0.3 is 5.97 Å². The van der Waals surface area contributed by atoms with Crippen molar-refractivity contribution in [1.29, 1.82) is 0 Å². The fourth-order valence-corrected chi connectivity index (χ4v) is 3.01. The van der Waals surface area contributed by atoms with E-state index in [1.54, 1.807) is 11.3 Å². The lowest BCUT2D eigenvalue weighted by Crippen LogP contribution is -2.47. The van der Waals surface area contributed by atoms with Crippen molar-refractivity contribution in [3.8, 4) is 0 Å². The van der Waals surface area contributed by atoms with Gasteiger partial charge in [-0.25, -0.2) is 0 Å². The largest absolute Gasteiger partial charge is 0.469 e. The Morgan fingerprint density at radius 3 is 2.53 bits per heavy atom. The zero-order chi connectivity index (χ0) is 13.5. The Morgan fingerprint density at radius 1 is 1.26 bits per heavy atom. The molecule has 2 heterocycles. The molecule has 0 atom stereocenters. The summed E-state index contributed by atoms with van der Waals surface area (Å²) in [5.74, 6) is -0.111. The normalized spacial score (nSPS) is 17.5. The minimum Gasteiger partial charge on any atom is -0.469 e. The van der Waals surface area contributed by atoms with Gasteiger partial charge in [-0.2, -0.15) is 11.3 Å². The van der Waals surface area contributed by atoms with Crippen LogP contribution in [0.4, 0.5) is 0 Å². The first-order chi connectivity index (χ1) is 9.28. The van der Waals surface area contributed by atoms with Gasteiger partial charge in [0.1, 0.15) is 0 Å². The van der Waals surface area contributed by atoms with E-state index in [1.807, 2.05) is 0 Å². The molecule has 1 aliphatic rings. The Bertz CT molecular complexity index is 373. The highest BCUT2D eigenvalue weighted by molar-refractivity contribution is 7.07. The van der Waals surface area contributed by atoms with E-state index in [0.29, 0.717) is 6.42 Å². The third-order valence-electron chi connectivity index (χ3n) is 3.62. The standard InChI is InChI=1S/C14H22N2O2S/c1-18-14(17)3-6-16-9-7-15(8-10-16)5-2-13-4-11-19-12-13/h4,11-12H,2-3,5-10H2,1H3. The van der Waals surface area contributed by atoms with Crippen LogP contribution in [0.5, 0.6) is 0 Å². The van der Waals surface area contributed by atoms with Crippen LogP contribution in [0.15, 0.2) is 16.8 Å². The van der Waals surface area contributed by atoms with Crippen LogP contribution in [0.3, 0.4) is 0 Å². The van der Waals surface area contributed by atoms with Crippen LogP contribution in [-0.2, 0) is 16.0 Å². The molecule has 0 aliphatic carbocycles. The molecule has 1 aliphatic heterocycles. The minimum atomic E-state index is -0.111. The first-order valence-electron chi connectivity index (χ1n) is 6.80. The number of hydrogen-bond donors (Lipinski definition) is 0. The summed E-state index contributed by atoms with van der Waals surface area (Å²) in [7, 11) is 1.45. The van der Waals surface area contributed by atoms with E-state index >= 15 is 0 Å². The van der Waals surface area contributed by atoms with Gasteiger partial charge in [-0.05, 0) is 28.8 Å². The van der Waals surface area contributed by atoms with Crippen molar-refractivity contribution >= 4 is 17.3 Å². The second-order valence-corrected chi connectivity index (χ2v) is 5.67. The average Bonchev–Trinajstić information content (AvgIpc) is 2.97. The number of ether oxygens (including phenoxy) is 1. The number of thiophene rings is 1. The van der Waals surface area contributed by atoms with Gasteiger partial charge < -0.3 is 14.5 Å². The third-order valence-corrected chi connectivity index (χ3v) is 4.35. The molecular weight excluding hydrogens is 260 g/mol. The van der Waals surface area contributed by atoms with Crippen LogP contribution in [-0.4, -0.2) is 62.1 Å². The molecule has 0 radical (unpaired) electrons. The summed E-state index contributed by atoms with van der Waals surface area (Å²) in [4.78, 5) is 15.9. The molecule has 19 heavy (non-hydrogen) atoms. The van der Waals surface area contributed by atoms with Gasteiger partial charge in [0.25, 0.3) is 0 Å². The molecule has 0 saturated carbocycles. The number of rotatable bonds is 6. The molecule has 5 heteroatoms. The zero-order valence-electron chi connectivity index (χ0n) is 11.5. The van der Waals surface area contributed by atoms with E-state index in [4.69, 9.17) is 0 Å². The van der Waals surface area contributed by atoms with Crippen LogP contribution in [0, 0.1) is 0 Å². The van der Waals surface area contributed by atoms with Gasteiger partial charge in [0.15, 0.2) is 0 Å². The SMILES string of the molecule is COC(=O)CCN1CCN(CCc2ccsc2)CC1. The molecule has 0 spiro atoms. The summed E-state index contributed by atoms with van der Waals surface area (Å²) in [5, 5.41) is 4.37. The van der Waals surface area contributed by atoms with Crippen molar-refractivity contribution in [2.24, 2.45) is 0 Å². The molecule has 0 N–H and O–H groups in total. The van der Waals surface area contributed by atoms with Gasteiger partial charge in [-0.1, -0.05) is 0 Å². The smallest absolute Gasteiger partial charge is 0.306 e. The third kappa shape index (κ3) is 4.93. The average molecular weight is 282 g/mol. The van der Waals surface area contributed by atoms with Crippen molar-refractivity contribution in [3.05, 3.63) is 22.4 Å². The second-order valence-electron chi connectivity index (χ2n) is 4.89. The van der Waals surface area contributed by atoms with E-state index in [2.05, 4.69) is 31.4 Å². The fraction of sp³-hybridized carbons (Fsp3) is 0.643. The summed E-state index contributed by atoms with van der Waals surface area (Å²) in [5.41, 5.74) is 1.44. The lowest BCUT2D eigenvalue weighted by atomic mass is 10.2. The summed E-state index contributed by atoms with van der Waals surface area (Å²) < 4.78 is 4.67. The highest BCUT2D eigenvalue weighted by Gasteiger charge is 2.17. The summed E-state index contributed by atoms with van der Waals surface area (Å²) in [6.45, 7) is 6.28. The van der Waals surface area contributed by atoms with Gasteiger partial charge in [0.2, 0.25) is 0 Å². The summed E-state index contributed by atoms with van der Waals surface area (Å²) in [6, 6.07) is 2.21. The first kappa shape index (κ1) is 14.5.